The number of anilines is 1. The Morgan fingerprint density at radius 3 is 2.67 bits per heavy atom. The second kappa shape index (κ2) is 7.82. The topological polar surface area (TPSA) is 102 Å². The summed E-state index contributed by atoms with van der Waals surface area (Å²) in [7, 11) is 3.28. The minimum Gasteiger partial charge on any atom is -0.496 e. The lowest BCUT2D eigenvalue weighted by Crippen LogP contribution is -2.11. The fourth-order valence-corrected chi connectivity index (χ4v) is 3.30. The fourth-order valence-electron chi connectivity index (χ4n) is 3.30. The molecule has 4 rings (SSSR count). The molecule has 0 fully saturated rings. The van der Waals surface area contributed by atoms with E-state index in [4.69, 9.17) is 4.74 Å². The van der Waals surface area contributed by atoms with E-state index >= 15 is 0 Å². The van der Waals surface area contributed by atoms with Crippen LogP contribution in [0, 0.1) is 0 Å². The standard InChI is InChI=1S/C22H21N5O3/c1-4-17(28)23-14-10-11-15(16(12-14)30-3)20-24-21-18(22(29)25-20)19(26-27(21)2)13-8-6-5-7-9-13/h5-12H,4H2,1-3H3,(H,23,28)(H,24,25,29). The molecule has 0 aliphatic heterocycles. The smallest absolute Gasteiger partial charge is 0.262 e. The molecule has 0 atom stereocenters. The normalized spacial score (nSPS) is 10.9. The molecule has 2 N–H and O–H groups in total. The summed E-state index contributed by atoms with van der Waals surface area (Å²) < 4.78 is 7.07. The first-order chi connectivity index (χ1) is 14.5. The highest BCUT2D eigenvalue weighted by Crippen LogP contribution is 2.31. The average molecular weight is 403 g/mol. The van der Waals surface area contributed by atoms with Crippen molar-refractivity contribution >= 4 is 22.6 Å². The van der Waals surface area contributed by atoms with Gasteiger partial charge in [-0.15, -0.1) is 0 Å². The number of aryl methyl sites for hydroxylation is 1. The van der Waals surface area contributed by atoms with E-state index in [2.05, 4.69) is 20.4 Å². The Morgan fingerprint density at radius 2 is 1.97 bits per heavy atom. The number of aromatic nitrogens is 4. The molecule has 0 unspecified atom stereocenters. The van der Waals surface area contributed by atoms with Crippen molar-refractivity contribution in [1.29, 1.82) is 0 Å². The molecule has 0 aliphatic rings. The highest BCUT2D eigenvalue weighted by atomic mass is 16.5. The van der Waals surface area contributed by atoms with Gasteiger partial charge < -0.3 is 15.0 Å². The third-order valence-electron chi connectivity index (χ3n) is 4.80. The van der Waals surface area contributed by atoms with E-state index < -0.39 is 0 Å². The largest absolute Gasteiger partial charge is 0.496 e. The molecular formula is C22H21N5O3. The maximum absolute atomic E-state index is 13.0. The quantitative estimate of drug-likeness (QED) is 0.532. The van der Waals surface area contributed by atoms with Gasteiger partial charge in [0.05, 0.1) is 12.7 Å². The van der Waals surface area contributed by atoms with Gasteiger partial charge >= 0.3 is 0 Å². The average Bonchev–Trinajstić information content (AvgIpc) is 3.11. The molecule has 0 spiro atoms. The molecular weight excluding hydrogens is 382 g/mol. The van der Waals surface area contributed by atoms with Crippen molar-refractivity contribution in [2.45, 2.75) is 13.3 Å². The predicted octanol–water partition coefficient (Wildman–Crippen LogP) is 3.35. The summed E-state index contributed by atoms with van der Waals surface area (Å²) in [5, 5.41) is 7.73. The number of hydrogen-bond donors (Lipinski definition) is 2. The number of methoxy groups -OCH3 is 1. The van der Waals surface area contributed by atoms with Crippen molar-refractivity contribution in [3.05, 3.63) is 58.9 Å². The first kappa shape index (κ1) is 19.4. The maximum Gasteiger partial charge on any atom is 0.262 e. The molecule has 2 aromatic carbocycles. The predicted molar refractivity (Wildman–Crippen MR) is 115 cm³/mol. The molecule has 2 aromatic heterocycles. The van der Waals surface area contributed by atoms with Crippen LogP contribution in [0.4, 0.5) is 5.69 Å². The molecule has 30 heavy (non-hydrogen) atoms. The van der Waals surface area contributed by atoms with Gasteiger partial charge in [-0.2, -0.15) is 5.10 Å². The molecule has 0 saturated carbocycles. The maximum atomic E-state index is 13.0. The SMILES string of the molecule is CCC(=O)Nc1ccc(-c2nc3c(c(-c4ccccc4)nn3C)c(=O)[nH]2)c(OC)c1. The number of nitrogens with zero attached hydrogens (tertiary/aromatic N) is 3. The van der Waals surface area contributed by atoms with E-state index in [1.54, 1.807) is 36.9 Å². The summed E-state index contributed by atoms with van der Waals surface area (Å²) in [5.41, 5.74) is 2.83. The number of carbonyl (C=O) groups excluding carboxylic acids is 1. The molecule has 1 amide bonds. The number of H-pyrrole nitrogens is 1. The second-order valence-corrected chi connectivity index (χ2v) is 6.77. The van der Waals surface area contributed by atoms with Crippen molar-refractivity contribution < 1.29 is 9.53 Å². The summed E-state index contributed by atoms with van der Waals surface area (Å²) in [4.78, 5) is 32.1. The molecule has 0 bridgehead atoms. The first-order valence-corrected chi connectivity index (χ1v) is 9.52. The zero-order chi connectivity index (χ0) is 21.3. The zero-order valence-electron chi connectivity index (χ0n) is 16.9. The number of carbonyl (C=O) groups is 1. The molecule has 8 nitrogen and oxygen atoms in total. The van der Waals surface area contributed by atoms with Crippen LogP contribution in [0.3, 0.4) is 0 Å². The van der Waals surface area contributed by atoms with Crippen LogP contribution in [0.25, 0.3) is 33.7 Å². The number of amides is 1. The highest BCUT2D eigenvalue weighted by molar-refractivity contribution is 5.92. The van der Waals surface area contributed by atoms with E-state index in [9.17, 15) is 9.59 Å². The first-order valence-electron chi connectivity index (χ1n) is 9.52. The van der Waals surface area contributed by atoms with E-state index in [-0.39, 0.29) is 11.5 Å². The van der Waals surface area contributed by atoms with Gasteiger partial charge in [0.2, 0.25) is 5.91 Å². The van der Waals surface area contributed by atoms with Gasteiger partial charge in [-0.05, 0) is 12.1 Å². The van der Waals surface area contributed by atoms with Gasteiger partial charge in [0.25, 0.3) is 5.56 Å². The minimum absolute atomic E-state index is 0.0962. The Bertz CT molecular complexity index is 1290. The van der Waals surface area contributed by atoms with Crippen LogP contribution in [-0.4, -0.2) is 32.8 Å². The number of hydrogen-bond acceptors (Lipinski definition) is 5. The second-order valence-electron chi connectivity index (χ2n) is 6.77. The molecule has 0 saturated heterocycles. The van der Waals surface area contributed by atoms with Crippen LogP contribution < -0.4 is 15.6 Å². The minimum atomic E-state index is -0.285. The van der Waals surface area contributed by atoms with Crippen molar-refractivity contribution in [3.63, 3.8) is 0 Å². The Morgan fingerprint density at radius 1 is 1.20 bits per heavy atom. The van der Waals surface area contributed by atoms with Crippen molar-refractivity contribution in [2.24, 2.45) is 7.05 Å². The lowest BCUT2D eigenvalue weighted by atomic mass is 10.1. The van der Waals surface area contributed by atoms with E-state index in [0.29, 0.717) is 46.0 Å². The Labute approximate surface area is 172 Å². The van der Waals surface area contributed by atoms with Crippen LogP contribution in [0.2, 0.25) is 0 Å². The van der Waals surface area contributed by atoms with Crippen LogP contribution in [0.15, 0.2) is 53.3 Å². The molecule has 8 heteroatoms. The van der Waals surface area contributed by atoms with Crippen LogP contribution >= 0.6 is 0 Å². The third-order valence-corrected chi connectivity index (χ3v) is 4.80. The Hall–Kier alpha value is -3.94. The zero-order valence-corrected chi connectivity index (χ0v) is 16.9. The van der Waals surface area contributed by atoms with E-state index in [1.807, 2.05) is 30.3 Å². The number of fused-ring (bicyclic) bond motifs is 1. The van der Waals surface area contributed by atoms with Crippen molar-refractivity contribution in [3.8, 4) is 28.4 Å². The van der Waals surface area contributed by atoms with Gasteiger partial charge in [-0.25, -0.2) is 9.67 Å². The van der Waals surface area contributed by atoms with Gasteiger partial charge in [-0.3, -0.25) is 9.59 Å². The molecule has 152 valence electrons. The number of nitrogens with one attached hydrogen (secondary N) is 2. The number of rotatable bonds is 5. The van der Waals surface area contributed by atoms with Crippen LogP contribution in [0.5, 0.6) is 5.75 Å². The molecule has 2 heterocycles. The summed E-state index contributed by atoms with van der Waals surface area (Å²) in [5.74, 6) is 0.748. The Kier molecular flexibility index (Phi) is 5.05. The number of ether oxygens (including phenoxy) is 1. The lowest BCUT2D eigenvalue weighted by Gasteiger charge is -2.11. The summed E-state index contributed by atoms with van der Waals surface area (Å²) in [6, 6.07) is 14.7. The number of benzene rings is 2. The van der Waals surface area contributed by atoms with Crippen LogP contribution in [-0.2, 0) is 11.8 Å². The number of aromatic amines is 1. The third kappa shape index (κ3) is 3.43. The molecule has 0 aliphatic carbocycles. The van der Waals surface area contributed by atoms with E-state index in [0.717, 1.165) is 5.56 Å². The van der Waals surface area contributed by atoms with Crippen molar-refractivity contribution in [1.82, 2.24) is 19.7 Å². The highest BCUT2D eigenvalue weighted by Gasteiger charge is 2.19. The fraction of sp³-hybridized carbons (Fsp3) is 0.182. The Balaban J connectivity index is 1.84. The summed E-state index contributed by atoms with van der Waals surface area (Å²) >= 11 is 0. The van der Waals surface area contributed by atoms with Gasteiger partial charge in [0, 0.05) is 30.8 Å². The van der Waals surface area contributed by atoms with Gasteiger partial charge in [0.15, 0.2) is 5.65 Å². The molecule has 0 radical (unpaired) electrons. The van der Waals surface area contributed by atoms with Crippen molar-refractivity contribution in [2.75, 3.05) is 12.4 Å². The summed E-state index contributed by atoms with van der Waals surface area (Å²) in [6.45, 7) is 1.78. The van der Waals surface area contributed by atoms with Crippen LogP contribution in [0.1, 0.15) is 13.3 Å². The van der Waals surface area contributed by atoms with Gasteiger partial charge in [0.1, 0.15) is 22.7 Å². The molecule has 4 aromatic rings. The van der Waals surface area contributed by atoms with Gasteiger partial charge in [-0.1, -0.05) is 37.3 Å². The monoisotopic (exact) mass is 403 g/mol. The summed E-state index contributed by atoms with van der Waals surface area (Å²) in [6.07, 6.45) is 0.375. The van der Waals surface area contributed by atoms with E-state index in [1.165, 1.54) is 7.11 Å². The lowest BCUT2D eigenvalue weighted by molar-refractivity contribution is -0.115.